The average molecular weight is 243 g/mol. The number of carbonyl (C=O) groups is 1. The zero-order valence-corrected chi connectivity index (χ0v) is 10.7. The SMILES string of the molecule is CCOC(=O)c1ccn(C(C)c2ccccc2)c1. The molecule has 3 nitrogen and oxygen atoms in total. The number of benzene rings is 1. The molecule has 2 rings (SSSR count). The van der Waals surface area contributed by atoms with Crippen LogP contribution in [0.1, 0.15) is 35.8 Å². The van der Waals surface area contributed by atoms with Gasteiger partial charge in [0.25, 0.3) is 0 Å². The van der Waals surface area contributed by atoms with Crippen molar-refractivity contribution in [2.45, 2.75) is 19.9 Å². The highest BCUT2D eigenvalue weighted by molar-refractivity contribution is 5.89. The quantitative estimate of drug-likeness (QED) is 0.772. The van der Waals surface area contributed by atoms with Crippen LogP contribution in [0.3, 0.4) is 0 Å². The van der Waals surface area contributed by atoms with Crippen molar-refractivity contribution in [3.8, 4) is 0 Å². The minimum atomic E-state index is -0.267. The lowest BCUT2D eigenvalue weighted by atomic mass is 10.1. The van der Waals surface area contributed by atoms with E-state index >= 15 is 0 Å². The van der Waals surface area contributed by atoms with Gasteiger partial charge < -0.3 is 9.30 Å². The summed E-state index contributed by atoms with van der Waals surface area (Å²) in [6.07, 6.45) is 3.74. The van der Waals surface area contributed by atoms with Gasteiger partial charge >= 0.3 is 5.97 Å². The Hall–Kier alpha value is -2.03. The highest BCUT2D eigenvalue weighted by Gasteiger charge is 2.11. The second-order valence-electron chi connectivity index (χ2n) is 4.15. The molecule has 0 saturated carbocycles. The maximum Gasteiger partial charge on any atom is 0.339 e. The third-order valence-corrected chi connectivity index (χ3v) is 2.95. The van der Waals surface area contributed by atoms with E-state index in [4.69, 9.17) is 4.74 Å². The fraction of sp³-hybridized carbons (Fsp3) is 0.267. The maximum absolute atomic E-state index is 11.6. The van der Waals surface area contributed by atoms with Gasteiger partial charge in [-0.15, -0.1) is 0 Å². The van der Waals surface area contributed by atoms with Crippen LogP contribution in [-0.4, -0.2) is 17.1 Å². The molecule has 2 aromatic rings. The van der Waals surface area contributed by atoms with Crippen LogP contribution < -0.4 is 0 Å². The van der Waals surface area contributed by atoms with E-state index in [1.165, 1.54) is 5.56 Å². The lowest BCUT2D eigenvalue weighted by Gasteiger charge is -2.13. The molecule has 1 heterocycles. The zero-order valence-electron chi connectivity index (χ0n) is 10.7. The Labute approximate surface area is 107 Å². The largest absolute Gasteiger partial charge is 0.462 e. The Kier molecular flexibility index (Phi) is 3.82. The van der Waals surface area contributed by atoms with E-state index in [2.05, 4.69) is 19.1 Å². The van der Waals surface area contributed by atoms with Crippen LogP contribution in [0.4, 0.5) is 0 Å². The first-order valence-corrected chi connectivity index (χ1v) is 6.12. The summed E-state index contributed by atoms with van der Waals surface area (Å²) in [6.45, 7) is 4.31. The molecule has 1 aromatic carbocycles. The third-order valence-electron chi connectivity index (χ3n) is 2.95. The molecule has 1 aromatic heterocycles. The summed E-state index contributed by atoms with van der Waals surface area (Å²) >= 11 is 0. The third kappa shape index (κ3) is 2.62. The topological polar surface area (TPSA) is 31.2 Å². The van der Waals surface area contributed by atoms with E-state index in [1.54, 1.807) is 6.07 Å². The Morgan fingerprint density at radius 1 is 1.28 bits per heavy atom. The summed E-state index contributed by atoms with van der Waals surface area (Å²) in [5, 5.41) is 0. The smallest absolute Gasteiger partial charge is 0.339 e. The van der Waals surface area contributed by atoms with Crippen molar-refractivity contribution in [1.29, 1.82) is 0 Å². The number of aromatic nitrogens is 1. The van der Waals surface area contributed by atoms with Crippen molar-refractivity contribution >= 4 is 5.97 Å². The number of hydrogen-bond acceptors (Lipinski definition) is 2. The normalized spacial score (nSPS) is 12.1. The standard InChI is InChI=1S/C15H17NO2/c1-3-18-15(17)14-9-10-16(11-14)12(2)13-7-5-4-6-8-13/h4-12H,3H2,1-2H3. The molecule has 0 fully saturated rings. The van der Waals surface area contributed by atoms with Crippen molar-refractivity contribution in [1.82, 2.24) is 4.57 Å². The Bertz CT molecular complexity index is 516. The molecule has 0 saturated heterocycles. The van der Waals surface area contributed by atoms with Gasteiger partial charge in [-0.1, -0.05) is 30.3 Å². The Balaban J connectivity index is 2.17. The first-order valence-electron chi connectivity index (χ1n) is 6.12. The summed E-state index contributed by atoms with van der Waals surface area (Å²) in [5.74, 6) is -0.267. The van der Waals surface area contributed by atoms with Gasteiger partial charge in [0.05, 0.1) is 18.2 Å². The van der Waals surface area contributed by atoms with Gasteiger partial charge in [0.1, 0.15) is 0 Å². The predicted molar refractivity (Wildman–Crippen MR) is 70.6 cm³/mol. The fourth-order valence-electron chi connectivity index (χ4n) is 1.89. The molecule has 0 N–H and O–H groups in total. The second-order valence-corrected chi connectivity index (χ2v) is 4.15. The average Bonchev–Trinajstić information content (AvgIpc) is 2.89. The van der Waals surface area contributed by atoms with E-state index in [9.17, 15) is 4.79 Å². The molecule has 0 aliphatic heterocycles. The van der Waals surface area contributed by atoms with Gasteiger partial charge in [-0.3, -0.25) is 0 Å². The molecule has 94 valence electrons. The molecule has 0 aliphatic rings. The lowest BCUT2D eigenvalue weighted by Crippen LogP contribution is -2.06. The summed E-state index contributed by atoms with van der Waals surface area (Å²) < 4.78 is 6.99. The van der Waals surface area contributed by atoms with Crippen molar-refractivity contribution < 1.29 is 9.53 Å². The van der Waals surface area contributed by atoms with Crippen LogP contribution in [0.5, 0.6) is 0 Å². The Morgan fingerprint density at radius 3 is 2.67 bits per heavy atom. The molecule has 1 unspecified atom stereocenters. The van der Waals surface area contributed by atoms with Crippen molar-refractivity contribution in [3.05, 3.63) is 59.9 Å². The highest BCUT2D eigenvalue weighted by atomic mass is 16.5. The number of ether oxygens (including phenoxy) is 1. The first kappa shape index (κ1) is 12.4. The van der Waals surface area contributed by atoms with Gasteiger partial charge in [-0.25, -0.2) is 4.79 Å². The van der Waals surface area contributed by atoms with Gasteiger partial charge in [0, 0.05) is 12.4 Å². The fourth-order valence-corrected chi connectivity index (χ4v) is 1.89. The Morgan fingerprint density at radius 2 is 2.00 bits per heavy atom. The van der Waals surface area contributed by atoms with E-state index in [-0.39, 0.29) is 12.0 Å². The molecule has 1 atom stereocenters. The number of nitrogens with zero attached hydrogens (tertiary/aromatic N) is 1. The van der Waals surface area contributed by atoms with Gasteiger partial charge in [0.2, 0.25) is 0 Å². The highest BCUT2D eigenvalue weighted by Crippen LogP contribution is 2.18. The minimum absolute atomic E-state index is 0.203. The molecule has 0 spiro atoms. The molecular formula is C15H17NO2. The summed E-state index contributed by atoms with van der Waals surface area (Å²) in [5.41, 5.74) is 1.81. The van der Waals surface area contributed by atoms with E-state index in [0.29, 0.717) is 12.2 Å². The molecule has 0 amide bonds. The number of esters is 1. The van der Waals surface area contributed by atoms with E-state index in [1.807, 2.05) is 42.1 Å². The molecular weight excluding hydrogens is 226 g/mol. The van der Waals surface area contributed by atoms with Crippen LogP contribution >= 0.6 is 0 Å². The van der Waals surface area contributed by atoms with Crippen molar-refractivity contribution in [3.63, 3.8) is 0 Å². The zero-order chi connectivity index (χ0) is 13.0. The molecule has 0 aliphatic carbocycles. The van der Waals surface area contributed by atoms with Crippen LogP contribution in [0.25, 0.3) is 0 Å². The first-order chi connectivity index (χ1) is 8.72. The van der Waals surface area contributed by atoms with Crippen LogP contribution in [-0.2, 0) is 4.74 Å². The van der Waals surface area contributed by atoms with Gasteiger partial charge in [0.15, 0.2) is 0 Å². The van der Waals surface area contributed by atoms with Gasteiger partial charge in [-0.2, -0.15) is 0 Å². The second kappa shape index (κ2) is 5.54. The summed E-state index contributed by atoms with van der Waals surface area (Å²) in [4.78, 5) is 11.6. The monoisotopic (exact) mass is 243 g/mol. The summed E-state index contributed by atoms with van der Waals surface area (Å²) in [7, 11) is 0. The number of carbonyl (C=O) groups excluding carboxylic acids is 1. The lowest BCUT2D eigenvalue weighted by molar-refractivity contribution is 0.0526. The van der Waals surface area contributed by atoms with Crippen LogP contribution in [0.15, 0.2) is 48.8 Å². The van der Waals surface area contributed by atoms with E-state index in [0.717, 1.165) is 0 Å². The minimum Gasteiger partial charge on any atom is -0.462 e. The number of rotatable bonds is 4. The van der Waals surface area contributed by atoms with E-state index < -0.39 is 0 Å². The molecule has 0 radical (unpaired) electrons. The molecule has 3 heteroatoms. The number of hydrogen-bond donors (Lipinski definition) is 0. The van der Waals surface area contributed by atoms with Crippen LogP contribution in [0, 0.1) is 0 Å². The predicted octanol–water partition coefficient (Wildman–Crippen LogP) is 3.27. The molecule has 0 bridgehead atoms. The van der Waals surface area contributed by atoms with Crippen molar-refractivity contribution in [2.75, 3.05) is 6.61 Å². The molecule has 18 heavy (non-hydrogen) atoms. The van der Waals surface area contributed by atoms with Gasteiger partial charge in [-0.05, 0) is 25.5 Å². The van der Waals surface area contributed by atoms with Crippen LogP contribution in [0.2, 0.25) is 0 Å². The van der Waals surface area contributed by atoms with Crippen molar-refractivity contribution in [2.24, 2.45) is 0 Å². The maximum atomic E-state index is 11.6. The summed E-state index contributed by atoms with van der Waals surface area (Å²) in [6, 6.07) is 12.2.